The molecule has 4 rings (SSSR count). The Labute approximate surface area is 246 Å². The van der Waals surface area contributed by atoms with Gasteiger partial charge < -0.3 is 19.7 Å². The minimum absolute atomic E-state index is 0.0593. The van der Waals surface area contributed by atoms with Crippen LogP contribution in [-0.4, -0.2) is 46.0 Å². The molecule has 1 amide bonds. The van der Waals surface area contributed by atoms with Crippen molar-refractivity contribution in [2.45, 2.75) is 71.1 Å². The first kappa shape index (κ1) is 31.2. The summed E-state index contributed by atoms with van der Waals surface area (Å²) in [6.07, 6.45) is 0.338. The number of phosphoric ester groups is 1. The first-order valence-corrected chi connectivity index (χ1v) is 15.1. The molecular weight excluding hydrogens is 559 g/mol. The summed E-state index contributed by atoms with van der Waals surface area (Å²) in [4.78, 5) is 28.9. The van der Waals surface area contributed by atoms with Crippen LogP contribution in [0.2, 0.25) is 0 Å². The second kappa shape index (κ2) is 12.3. The Morgan fingerprint density at radius 2 is 1.45 bits per heavy atom. The molecule has 2 N–H and O–H groups in total. The van der Waals surface area contributed by atoms with E-state index in [1.807, 2.05) is 48.5 Å². The predicted molar refractivity (Wildman–Crippen MR) is 157 cm³/mol. The number of alkyl carbamates (subject to hydrolysis) is 1. The van der Waals surface area contributed by atoms with E-state index < -0.39 is 37.1 Å². The molecule has 10 nitrogen and oxygen atoms in total. The molecule has 0 saturated carbocycles. The third-order valence-electron chi connectivity index (χ3n) is 6.13. The largest absolute Gasteiger partial charge is 0.531 e. The molecule has 0 aliphatic heterocycles. The fourth-order valence-electron chi connectivity index (χ4n) is 4.63. The molecule has 11 heteroatoms. The quantitative estimate of drug-likeness (QED) is 0.244. The third-order valence-corrected chi connectivity index (χ3v) is 8.11. The van der Waals surface area contributed by atoms with Crippen LogP contribution >= 0.6 is 7.82 Å². The normalized spacial score (nSPS) is 14.0. The van der Waals surface area contributed by atoms with Gasteiger partial charge in [0.15, 0.2) is 0 Å². The van der Waals surface area contributed by atoms with Crippen molar-refractivity contribution in [3.8, 4) is 16.9 Å². The van der Waals surface area contributed by atoms with Crippen molar-refractivity contribution in [1.29, 1.82) is 0 Å². The fraction of sp³-hybridized carbons (Fsp3) is 0.387. The first-order chi connectivity index (χ1) is 19.6. The van der Waals surface area contributed by atoms with Crippen LogP contribution in [0, 0.1) is 0 Å². The number of nitrogens with zero attached hydrogens (tertiary/aromatic N) is 1. The highest BCUT2D eigenvalue weighted by atomic mass is 31.2. The Kier molecular flexibility index (Phi) is 9.11. The monoisotopic (exact) mass is 596 g/mol. The van der Waals surface area contributed by atoms with Crippen LogP contribution in [0.25, 0.3) is 11.1 Å². The van der Waals surface area contributed by atoms with Crippen molar-refractivity contribution in [2.24, 2.45) is 0 Å². The van der Waals surface area contributed by atoms with E-state index in [-0.39, 0.29) is 24.7 Å². The Bertz CT molecular complexity index is 1410. The maximum absolute atomic E-state index is 13.3. The number of hydrogen-bond donors (Lipinski definition) is 2. The standard InChI is InChI=1S/C31H37N2O8P/c1-30(2,3)40-42(37,41-31(4,5)6)39-21-16-15-20(32-18-21)17-27(28(34)35)33-29(36)38-19-26-24-13-9-7-11-22(24)23-12-8-10-14-25(23)26/h7-16,18,26-27H,17,19H2,1-6H3,(H,33,36)(H,34,35)/t27-/m0/s1. The molecule has 0 unspecified atom stereocenters. The molecule has 1 atom stereocenters. The number of carboxylic acids is 1. The molecule has 0 fully saturated rings. The van der Waals surface area contributed by atoms with Gasteiger partial charge in [0.25, 0.3) is 0 Å². The van der Waals surface area contributed by atoms with Crippen LogP contribution in [0.3, 0.4) is 0 Å². The molecule has 1 heterocycles. The number of phosphoric acid groups is 1. The van der Waals surface area contributed by atoms with Gasteiger partial charge in [0.05, 0.1) is 17.4 Å². The number of rotatable bonds is 10. The Morgan fingerprint density at radius 3 is 1.93 bits per heavy atom. The number of benzene rings is 2. The summed E-state index contributed by atoms with van der Waals surface area (Å²) in [7, 11) is -4.03. The van der Waals surface area contributed by atoms with E-state index in [0.717, 1.165) is 22.3 Å². The minimum Gasteiger partial charge on any atom is -0.480 e. The van der Waals surface area contributed by atoms with E-state index >= 15 is 0 Å². The minimum atomic E-state index is -4.03. The zero-order valence-corrected chi connectivity index (χ0v) is 25.5. The lowest BCUT2D eigenvalue weighted by molar-refractivity contribution is -0.139. The molecule has 224 valence electrons. The van der Waals surface area contributed by atoms with Crippen molar-refractivity contribution >= 4 is 19.9 Å². The number of carbonyl (C=O) groups excluding carboxylic acids is 1. The fourth-order valence-corrected chi connectivity index (χ4v) is 6.45. The van der Waals surface area contributed by atoms with E-state index in [1.165, 1.54) is 18.3 Å². The molecule has 0 spiro atoms. The number of hydrogen-bond acceptors (Lipinski definition) is 8. The lowest BCUT2D eigenvalue weighted by Crippen LogP contribution is -2.43. The van der Waals surface area contributed by atoms with Crippen LogP contribution in [-0.2, 0) is 29.6 Å². The molecule has 0 bridgehead atoms. The van der Waals surface area contributed by atoms with Gasteiger partial charge >= 0.3 is 19.9 Å². The average Bonchev–Trinajstić information content (AvgIpc) is 3.19. The number of carboxylic acid groups (broad SMARTS) is 1. The maximum atomic E-state index is 13.3. The predicted octanol–water partition coefficient (Wildman–Crippen LogP) is 6.73. The van der Waals surface area contributed by atoms with Gasteiger partial charge in [0.1, 0.15) is 18.4 Å². The number of ether oxygens (including phenoxy) is 1. The van der Waals surface area contributed by atoms with Gasteiger partial charge in [0.2, 0.25) is 0 Å². The molecule has 0 saturated heterocycles. The molecule has 1 aromatic heterocycles. The van der Waals surface area contributed by atoms with Crippen molar-refractivity contribution in [2.75, 3.05) is 6.61 Å². The van der Waals surface area contributed by atoms with Crippen molar-refractivity contribution in [1.82, 2.24) is 10.3 Å². The first-order valence-electron chi connectivity index (χ1n) is 13.6. The van der Waals surface area contributed by atoms with Gasteiger partial charge in [-0.15, -0.1) is 0 Å². The zero-order valence-electron chi connectivity index (χ0n) is 24.6. The summed E-state index contributed by atoms with van der Waals surface area (Å²) in [6, 6.07) is 17.6. The van der Waals surface area contributed by atoms with Gasteiger partial charge in [0, 0.05) is 18.0 Å². The van der Waals surface area contributed by atoms with Gasteiger partial charge in [-0.05, 0) is 75.9 Å². The molecule has 2 aromatic carbocycles. The number of fused-ring (bicyclic) bond motifs is 3. The van der Waals surface area contributed by atoms with E-state index in [0.29, 0.717) is 5.69 Å². The maximum Gasteiger partial charge on any atom is 0.531 e. The van der Waals surface area contributed by atoms with E-state index in [2.05, 4.69) is 10.3 Å². The lowest BCUT2D eigenvalue weighted by Gasteiger charge is -2.30. The summed E-state index contributed by atoms with van der Waals surface area (Å²) in [5.41, 5.74) is 3.03. The highest BCUT2D eigenvalue weighted by Gasteiger charge is 2.39. The SMILES string of the molecule is CC(C)(C)OP(=O)(Oc1ccc(C[C@H](NC(=O)OCC2c3ccccc3-c3ccccc32)C(=O)O)nc1)OC(C)(C)C. The Hall–Kier alpha value is -3.72. The van der Waals surface area contributed by atoms with Crippen molar-refractivity contribution in [3.63, 3.8) is 0 Å². The molecule has 1 aliphatic rings. The Balaban J connectivity index is 1.38. The van der Waals surface area contributed by atoms with Crippen LogP contribution < -0.4 is 9.84 Å². The summed E-state index contributed by atoms with van der Waals surface area (Å²) in [5, 5.41) is 12.2. The zero-order chi connectivity index (χ0) is 30.7. The van der Waals surface area contributed by atoms with Gasteiger partial charge in [-0.25, -0.2) is 14.2 Å². The summed E-state index contributed by atoms with van der Waals surface area (Å²) in [6.45, 7) is 10.4. The molecular formula is C31H37N2O8P. The lowest BCUT2D eigenvalue weighted by atomic mass is 9.98. The topological polar surface area (TPSA) is 133 Å². The van der Waals surface area contributed by atoms with E-state index in [1.54, 1.807) is 41.5 Å². The molecule has 1 aliphatic carbocycles. The smallest absolute Gasteiger partial charge is 0.480 e. The van der Waals surface area contributed by atoms with E-state index in [4.69, 9.17) is 18.3 Å². The number of nitrogens with one attached hydrogen (secondary N) is 1. The average molecular weight is 597 g/mol. The summed E-state index contributed by atoms with van der Waals surface area (Å²) < 4.78 is 35.7. The van der Waals surface area contributed by atoms with Crippen LogP contribution in [0.5, 0.6) is 5.75 Å². The van der Waals surface area contributed by atoms with E-state index in [9.17, 15) is 19.3 Å². The number of carbonyl (C=O) groups is 2. The number of aliphatic carboxylic acids is 1. The summed E-state index contributed by atoms with van der Waals surface area (Å²) >= 11 is 0. The van der Waals surface area contributed by atoms with Crippen LogP contribution in [0.15, 0.2) is 66.9 Å². The Morgan fingerprint density at radius 1 is 0.905 bits per heavy atom. The number of pyridine rings is 1. The van der Waals surface area contributed by atoms with Gasteiger partial charge in [-0.3, -0.25) is 14.0 Å². The van der Waals surface area contributed by atoms with Crippen LogP contribution in [0.1, 0.15) is 64.3 Å². The summed E-state index contributed by atoms with van der Waals surface area (Å²) in [5.74, 6) is -1.28. The second-order valence-corrected chi connectivity index (χ2v) is 13.4. The number of amides is 1. The van der Waals surface area contributed by atoms with Crippen LogP contribution in [0.4, 0.5) is 4.79 Å². The van der Waals surface area contributed by atoms with Gasteiger partial charge in [-0.1, -0.05) is 48.5 Å². The molecule has 3 aromatic rings. The van der Waals surface area contributed by atoms with Crippen molar-refractivity contribution in [3.05, 3.63) is 83.7 Å². The highest BCUT2D eigenvalue weighted by molar-refractivity contribution is 7.49. The molecule has 0 radical (unpaired) electrons. The van der Waals surface area contributed by atoms with Gasteiger partial charge in [-0.2, -0.15) is 0 Å². The third kappa shape index (κ3) is 8.18. The van der Waals surface area contributed by atoms with Crippen molar-refractivity contribution < 1.29 is 37.6 Å². The highest BCUT2D eigenvalue weighted by Crippen LogP contribution is 2.55. The number of aromatic nitrogens is 1. The second-order valence-electron chi connectivity index (χ2n) is 12.0. The molecule has 42 heavy (non-hydrogen) atoms.